The summed E-state index contributed by atoms with van der Waals surface area (Å²) in [7, 11) is 0. The van der Waals surface area contributed by atoms with E-state index in [4.69, 9.17) is 0 Å². The summed E-state index contributed by atoms with van der Waals surface area (Å²) in [4.78, 5) is 24.5. The number of aryl methyl sites for hydroxylation is 1. The number of carbonyl (C=O) groups excluding carboxylic acids is 1. The van der Waals surface area contributed by atoms with Crippen molar-refractivity contribution in [3.63, 3.8) is 0 Å². The van der Waals surface area contributed by atoms with Gasteiger partial charge in [-0.1, -0.05) is 12.1 Å². The molecule has 1 aliphatic rings. The average molecular weight is 357 g/mol. The van der Waals surface area contributed by atoms with Gasteiger partial charge in [0.05, 0.1) is 0 Å². The molecule has 0 radical (unpaired) electrons. The van der Waals surface area contributed by atoms with Crippen molar-refractivity contribution in [2.24, 2.45) is 0 Å². The highest BCUT2D eigenvalue weighted by Crippen LogP contribution is 2.16. The molecule has 1 aromatic heterocycles. The molecule has 7 heteroatoms. The lowest BCUT2D eigenvalue weighted by Crippen LogP contribution is -2.48. The zero-order chi connectivity index (χ0) is 18.5. The fourth-order valence-corrected chi connectivity index (χ4v) is 2.99. The lowest BCUT2D eigenvalue weighted by atomic mass is 10.1. The van der Waals surface area contributed by atoms with Crippen LogP contribution in [0.5, 0.6) is 0 Å². The van der Waals surface area contributed by atoms with E-state index in [1.54, 1.807) is 19.1 Å². The summed E-state index contributed by atoms with van der Waals surface area (Å²) >= 11 is 0. The van der Waals surface area contributed by atoms with Crippen LogP contribution in [0.3, 0.4) is 0 Å². The Balaban J connectivity index is 1.59. The Morgan fingerprint density at radius 3 is 2.50 bits per heavy atom. The maximum absolute atomic E-state index is 12.9. The lowest BCUT2D eigenvalue weighted by molar-refractivity contribution is -0.129. The van der Waals surface area contributed by atoms with E-state index in [9.17, 15) is 9.18 Å². The highest BCUT2D eigenvalue weighted by atomic mass is 19.1. The Bertz CT molecular complexity index is 757. The molecule has 26 heavy (non-hydrogen) atoms. The molecule has 2 aromatic rings. The number of carbonyl (C=O) groups is 1. The molecule has 3 rings (SSSR count). The monoisotopic (exact) mass is 357 g/mol. The second-order valence-corrected chi connectivity index (χ2v) is 6.49. The maximum atomic E-state index is 12.9. The van der Waals surface area contributed by atoms with Crippen molar-refractivity contribution in [3.8, 4) is 0 Å². The summed E-state index contributed by atoms with van der Waals surface area (Å²) < 4.78 is 12.9. The van der Waals surface area contributed by atoms with Crippen molar-refractivity contribution in [2.45, 2.75) is 20.3 Å². The van der Waals surface area contributed by atoms with Crippen LogP contribution in [0, 0.1) is 12.7 Å². The van der Waals surface area contributed by atoms with Crippen LogP contribution >= 0.6 is 0 Å². The predicted octanol–water partition coefficient (Wildman–Crippen LogP) is 2.25. The first-order chi connectivity index (χ1) is 12.5. The van der Waals surface area contributed by atoms with Crippen LogP contribution in [0.15, 0.2) is 30.3 Å². The Morgan fingerprint density at radius 1 is 1.15 bits per heavy atom. The zero-order valence-corrected chi connectivity index (χ0v) is 15.2. The highest BCUT2D eigenvalue weighted by Gasteiger charge is 2.20. The number of halogens is 1. The third kappa shape index (κ3) is 4.68. The maximum Gasteiger partial charge on any atom is 0.227 e. The van der Waals surface area contributed by atoms with Gasteiger partial charge in [-0.25, -0.2) is 9.37 Å². The number of benzene rings is 1. The number of hydrogen-bond donors (Lipinski definition) is 1. The largest absolute Gasteiger partial charge is 0.370 e. The lowest BCUT2D eigenvalue weighted by Gasteiger charge is -2.34. The van der Waals surface area contributed by atoms with Crippen LogP contribution < -0.4 is 10.2 Å². The molecule has 0 saturated carbocycles. The topological polar surface area (TPSA) is 61.4 Å². The number of nitrogens with zero attached hydrogens (tertiary/aromatic N) is 4. The molecule has 0 atom stereocenters. The quantitative estimate of drug-likeness (QED) is 0.889. The first-order valence-electron chi connectivity index (χ1n) is 8.86. The Morgan fingerprint density at radius 2 is 1.85 bits per heavy atom. The molecular formula is C19H24FN5O. The second-order valence-electron chi connectivity index (χ2n) is 6.49. The van der Waals surface area contributed by atoms with Gasteiger partial charge in [0.15, 0.2) is 0 Å². The van der Waals surface area contributed by atoms with Gasteiger partial charge in [-0.15, -0.1) is 0 Å². The smallest absolute Gasteiger partial charge is 0.227 e. The number of aromatic nitrogens is 2. The Hall–Kier alpha value is -2.70. The molecule has 0 spiro atoms. The third-order valence-corrected chi connectivity index (χ3v) is 4.48. The van der Waals surface area contributed by atoms with Crippen molar-refractivity contribution in [1.29, 1.82) is 0 Å². The van der Waals surface area contributed by atoms with E-state index < -0.39 is 0 Å². The van der Waals surface area contributed by atoms with Gasteiger partial charge in [0.2, 0.25) is 11.9 Å². The van der Waals surface area contributed by atoms with Gasteiger partial charge in [0.1, 0.15) is 11.6 Å². The molecule has 1 fully saturated rings. The number of piperazine rings is 1. The van der Waals surface area contributed by atoms with Crippen LogP contribution in [0.4, 0.5) is 16.2 Å². The normalized spacial score (nSPS) is 14.4. The Labute approximate surface area is 153 Å². The fraction of sp³-hybridized carbons (Fsp3) is 0.421. The van der Waals surface area contributed by atoms with Crippen LogP contribution in [-0.2, 0) is 11.2 Å². The molecule has 0 aliphatic carbocycles. The predicted molar refractivity (Wildman–Crippen MR) is 99.8 cm³/mol. The number of rotatable bonds is 5. The van der Waals surface area contributed by atoms with Gasteiger partial charge < -0.3 is 15.1 Å². The average Bonchev–Trinajstić information content (AvgIpc) is 2.63. The van der Waals surface area contributed by atoms with E-state index in [0.29, 0.717) is 25.6 Å². The highest BCUT2D eigenvalue weighted by molar-refractivity contribution is 5.73. The van der Waals surface area contributed by atoms with E-state index in [0.717, 1.165) is 36.6 Å². The van der Waals surface area contributed by atoms with Crippen LogP contribution in [0.1, 0.15) is 18.2 Å². The molecule has 0 unspecified atom stereocenters. The van der Waals surface area contributed by atoms with Crippen molar-refractivity contribution in [3.05, 3.63) is 47.4 Å². The number of hydrogen-bond acceptors (Lipinski definition) is 5. The molecule has 6 nitrogen and oxygen atoms in total. The van der Waals surface area contributed by atoms with E-state index >= 15 is 0 Å². The molecule has 0 bridgehead atoms. The summed E-state index contributed by atoms with van der Waals surface area (Å²) in [6.07, 6.45) is 0.788. The Kier molecular flexibility index (Phi) is 5.65. The standard InChI is InChI=1S/C19H24FN5O/c1-14-13-18(21-8-7-16-3-5-17(20)6-4-16)23-19(22-14)25-11-9-24(10-12-25)15(2)26/h3-6,13H,7-12H2,1-2H3,(H,21,22,23). The van der Waals surface area contributed by atoms with Gasteiger partial charge in [0, 0.05) is 51.4 Å². The molecule has 1 aromatic carbocycles. The van der Waals surface area contributed by atoms with Gasteiger partial charge >= 0.3 is 0 Å². The minimum atomic E-state index is -0.220. The van der Waals surface area contributed by atoms with Gasteiger partial charge in [-0.3, -0.25) is 4.79 Å². The van der Waals surface area contributed by atoms with Crippen LogP contribution in [0.25, 0.3) is 0 Å². The van der Waals surface area contributed by atoms with E-state index in [1.807, 2.05) is 17.9 Å². The fourth-order valence-electron chi connectivity index (χ4n) is 2.99. The molecule has 1 aliphatic heterocycles. The molecule has 2 heterocycles. The zero-order valence-electron chi connectivity index (χ0n) is 15.2. The van der Waals surface area contributed by atoms with E-state index in [1.165, 1.54) is 12.1 Å². The minimum Gasteiger partial charge on any atom is -0.370 e. The number of anilines is 2. The summed E-state index contributed by atoms with van der Waals surface area (Å²) in [5, 5.41) is 3.32. The molecule has 138 valence electrons. The third-order valence-electron chi connectivity index (χ3n) is 4.48. The first kappa shape index (κ1) is 18.1. The van der Waals surface area contributed by atoms with Gasteiger partial charge in [-0.2, -0.15) is 4.98 Å². The summed E-state index contributed by atoms with van der Waals surface area (Å²) in [5.41, 5.74) is 1.97. The van der Waals surface area contributed by atoms with Crippen molar-refractivity contribution in [1.82, 2.24) is 14.9 Å². The summed E-state index contributed by atoms with van der Waals surface area (Å²) in [5.74, 6) is 1.36. The van der Waals surface area contributed by atoms with Crippen molar-refractivity contribution in [2.75, 3.05) is 42.9 Å². The van der Waals surface area contributed by atoms with E-state index in [-0.39, 0.29) is 11.7 Å². The summed E-state index contributed by atoms with van der Waals surface area (Å²) in [6.45, 7) is 7.11. The first-order valence-corrected chi connectivity index (χ1v) is 8.86. The molecule has 1 saturated heterocycles. The van der Waals surface area contributed by atoms with Gasteiger partial charge in [-0.05, 0) is 31.0 Å². The molecule has 1 amide bonds. The van der Waals surface area contributed by atoms with Gasteiger partial charge in [0.25, 0.3) is 0 Å². The SMILES string of the molecule is CC(=O)N1CCN(c2nc(C)cc(NCCc3ccc(F)cc3)n2)CC1. The second kappa shape index (κ2) is 8.12. The number of amides is 1. The van der Waals surface area contributed by atoms with Crippen LogP contribution in [-0.4, -0.2) is 53.5 Å². The van der Waals surface area contributed by atoms with Crippen LogP contribution in [0.2, 0.25) is 0 Å². The summed E-state index contributed by atoms with van der Waals surface area (Å²) in [6, 6.07) is 8.45. The molecular weight excluding hydrogens is 333 g/mol. The molecule has 1 N–H and O–H groups in total. The van der Waals surface area contributed by atoms with E-state index in [2.05, 4.69) is 20.2 Å². The number of nitrogens with one attached hydrogen (secondary N) is 1. The minimum absolute atomic E-state index is 0.109. The van der Waals surface area contributed by atoms with Crippen molar-refractivity contribution >= 4 is 17.7 Å². The van der Waals surface area contributed by atoms with Crippen molar-refractivity contribution < 1.29 is 9.18 Å².